The summed E-state index contributed by atoms with van der Waals surface area (Å²) in [7, 11) is 1.23. The monoisotopic (exact) mass is 300 g/mol. The van der Waals surface area contributed by atoms with Crippen LogP contribution in [0.15, 0.2) is 42.5 Å². The van der Waals surface area contributed by atoms with E-state index in [2.05, 4.69) is 9.53 Å². The summed E-state index contributed by atoms with van der Waals surface area (Å²) in [6.07, 6.45) is 0. The molecule has 0 saturated carbocycles. The molecule has 0 spiro atoms. The third-order valence-electron chi connectivity index (χ3n) is 3.14. The zero-order valence-electron chi connectivity index (χ0n) is 11.6. The Morgan fingerprint density at radius 3 is 2.57 bits per heavy atom. The molecule has 0 aliphatic heterocycles. The molecule has 2 aromatic carbocycles. The van der Waals surface area contributed by atoms with E-state index < -0.39 is 5.97 Å². The molecule has 2 aromatic rings. The van der Waals surface area contributed by atoms with E-state index in [0.717, 1.165) is 16.7 Å². The smallest absolute Gasteiger partial charge is 0.422 e. The van der Waals surface area contributed by atoms with Crippen molar-refractivity contribution in [3.05, 3.63) is 64.1 Å². The number of ether oxygens (including phenoxy) is 1. The van der Waals surface area contributed by atoms with E-state index in [9.17, 15) is 4.79 Å². The van der Waals surface area contributed by atoms with Crippen molar-refractivity contribution in [2.24, 2.45) is 0 Å². The number of carbonyl (C=O) groups is 1. The molecule has 0 atom stereocenters. The maximum atomic E-state index is 11.7. The van der Waals surface area contributed by atoms with E-state index in [4.69, 9.17) is 17.1 Å². The minimum atomic E-state index is -0.705. The number of hydrogen-bond acceptors (Lipinski definition) is 2. The standard InChI is InChI=1S/C16H13ClN2O2/c1-10-7-8-11(9-14(10)17)12-5-3-4-6-13(12)15(19-18)16(20)21-2/h3-9H,1-2H3. The third-order valence-corrected chi connectivity index (χ3v) is 3.55. The average molecular weight is 301 g/mol. The second-order valence-corrected chi connectivity index (χ2v) is 4.86. The van der Waals surface area contributed by atoms with Gasteiger partial charge in [-0.05, 0) is 35.7 Å². The van der Waals surface area contributed by atoms with Crippen LogP contribution in [-0.2, 0) is 9.53 Å². The second kappa shape index (κ2) is 6.35. The zero-order valence-corrected chi connectivity index (χ0v) is 12.4. The number of aryl methyl sites for hydroxylation is 1. The van der Waals surface area contributed by atoms with Crippen molar-refractivity contribution in [2.75, 3.05) is 7.11 Å². The SMILES string of the molecule is COC(=O)C(=[N+]=[N-])c1ccccc1-c1ccc(C)c(Cl)c1. The number of nitrogens with zero attached hydrogens (tertiary/aromatic N) is 2. The fourth-order valence-corrected chi connectivity index (χ4v) is 2.18. The number of methoxy groups -OCH3 is 1. The summed E-state index contributed by atoms with van der Waals surface area (Å²) < 4.78 is 4.64. The van der Waals surface area contributed by atoms with E-state index >= 15 is 0 Å². The van der Waals surface area contributed by atoms with E-state index in [1.807, 2.05) is 37.3 Å². The molecule has 0 heterocycles. The van der Waals surface area contributed by atoms with Gasteiger partial charge < -0.3 is 10.3 Å². The van der Waals surface area contributed by atoms with Crippen molar-refractivity contribution < 1.29 is 14.3 Å². The van der Waals surface area contributed by atoms with Crippen molar-refractivity contribution in [2.45, 2.75) is 6.92 Å². The molecule has 0 fully saturated rings. The quantitative estimate of drug-likeness (QED) is 0.377. The Hall–Kier alpha value is -2.42. The molecule has 5 heteroatoms. The van der Waals surface area contributed by atoms with Gasteiger partial charge in [0, 0.05) is 5.02 Å². The van der Waals surface area contributed by atoms with Crippen LogP contribution >= 0.6 is 11.6 Å². The van der Waals surface area contributed by atoms with Crippen LogP contribution in [0.4, 0.5) is 0 Å². The minimum absolute atomic E-state index is 0.148. The number of carbonyl (C=O) groups excluding carboxylic acids is 1. The third kappa shape index (κ3) is 3.02. The lowest BCUT2D eigenvalue weighted by atomic mass is 9.96. The molecule has 0 bridgehead atoms. The van der Waals surface area contributed by atoms with E-state index in [1.54, 1.807) is 12.1 Å². The Morgan fingerprint density at radius 1 is 1.24 bits per heavy atom. The van der Waals surface area contributed by atoms with Gasteiger partial charge in [0.25, 0.3) is 0 Å². The molecule has 0 aliphatic carbocycles. The Labute approximate surface area is 127 Å². The maximum Gasteiger partial charge on any atom is 0.422 e. The Bertz CT molecular complexity index is 750. The van der Waals surface area contributed by atoms with Gasteiger partial charge in [-0.3, -0.25) is 0 Å². The lowest BCUT2D eigenvalue weighted by Gasteiger charge is -2.07. The molecule has 2 rings (SSSR count). The largest absolute Gasteiger partial charge is 0.460 e. The van der Waals surface area contributed by atoms with Crippen molar-refractivity contribution >= 4 is 23.3 Å². The van der Waals surface area contributed by atoms with Gasteiger partial charge in [0.2, 0.25) is 0 Å². The predicted molar refractivity (Wildman–Crippen MR) is 81.4 cm³/mol. The van der Waals surface area contributed by atoms with Crippen LogP contribution in [-0.4, -0.2) is 23.6 Å². The van der Waals surface area contributed by atoms with Gasteiger partial charge in [0.05, 0.1) is 12.7 Å². The van der Waals surface area contributed by atoms with Gasteiger partial charge in [-0.15, -0.1) is 0 Å². The molecule has 0 aromatic heterocycles. The van der Waals surface area contributed by atoms with E-state index in [-0.39, 0.29) is 5.71 Å². The van der Waals surface area contributed by atoms with Gasteiger partial charge >= 0.3 is 11.7 Å². The van der Waals surface area contributed by atoms with Crippen LogP contribution in [0.2, 0.25) is 5.02 Å². The van der Waals surface area contributed by atoms with Gasteiger partial charge in [-0.1, -0.05) is 41.9 Å². The average Bonchev–Trinajstić information content (AvgIpc) is 2.51. The normalized spacial score (nSPS) is 9.86. The molecule has 21 heavy (non-hydrogen) atoms. The second-order valence-electron chi connectivity index (χ2n) is 4.45. The first-order chi connectivity index (χ1) is 10.1. The highest BCUT2D eigenvalue weighted by Gasteiger charge is 2.26. The molecule has 0 aliphatic rings. The Morgan fingerprint density at radius 2 is 1.95 bits per heavy atom. The number of esters is 1. The summed E-state index contributed by atoms with van der Waals surface area (Å²) in [6.45, 7) is 1.91. The summed E-state index contributed by atoms with van der Waals surface area (Å²) in [6, 6.07) is 12.7. The molecule has 106 valence electrons. The van der Waals surface area contributed by atoms with Crippen LogP contribution in [0.1, 0.15) is 11.1 Å². The van der Waals surface area contributed by atoms with Crippen molar-refractivity contribution in [1.29, 1.82) is 0 Å². The van der Waals surface area contributed by atoms with E-state index in [0.29, 0.717) is 10.6 Å². The highest BCUT2D eigenvalue weighted by Crippen LogP contribution is 2.28. The van der Waals surface area contributed by atoms with Gasteiger partial charge in [0.15, 0.2) is 0 Å². The van der Waals surface area contributed by atoms with Gasteiger partial charge in [-0.2, -0.15) is 4.79 Å². The van der Waals surface area contributed by atoms with Crippen LogP contribution in [0.3, 0.4) is 0 Å². The predicted octanol–water partition coefficient (Wildman–Crippen LogP) is 3.51. The highest BCUT2D eigenvalue weighted by atomic mass is 35.5. The molecular formula is C16H13ClN2O2. The van der Waals surface area contributed by atoms with Crippen LogP contribution in [0.25, 0.3) is 16.7 Å². The summed E-state index contributed by atoms with van der Waals surface area (Å²) in [5.74, 6) is -0.705. The fraction of sp³-hybridized carbons (Fsp3) is 0.125. The number of halogens is 1. The van der Waals surface area contributed by atoms with Crippen LogP contribution in [0, 0.1) is 6.92 Å². The van der Waals surface area contributed by atoms with Gasteiger partial charge in [-0.25, -0.2) is 4.79 Å². The lowest BCUT2D eigenvalue weighted by Crippen LogP contribution is -2.19. The number of rotatable bonds is 3. The molecule has 0 N–H and O–H groups in total. The number of benzene rings is 2. The number of hydrogen-bond donors (Lipinski definition) is 0. The maximum absolute atomic E-state index is 11.7. The summed E-state index contributed by atoms with van der Waals surface area (Å²) in [5.41, 5.74) is 12.0. The zero-order chi connectivity index (χ0) is 15.4. The molecular weight excluding hydrogens is 288 g/mol. The minimum Gasteiger partial charge on any atom is -0.460 e. The molecule has 0 saturated heterocycles. The lowest BCUT2D eigenvalue weighted by molar-refractivity contribution is -0.137. The van der Waals surface area contributed by atoms with Crippen molar-refractivity contribution in [3.63, 3.8) is 0 Å². The molecule has 4 nitrogen and oxygen atoms in total. The van der Waals surface area contributed by atoms with E-state index in [1.165, 1.54) is 7.11 Å². The molecule has 0 radical (unpaired) electrons. The summed E-state index contributed by atoms with van der Waals surface area (Å²) in [4.78, 5) is 14.8. The van der Waals surface area contributed by atoms with Crippen molar-refractivity contribution in [1.82, 2.24) is 0 Å². The molecule has 0 amide bonds. The first kappa shape index (κ1) is 15.0. The van der Waals surface area contributed by atoms with Crippen LogP contribution < -0.4 is 0 Å². The Kier molecular flexibility index (Phi) is 4.53. The summed E-state index contributed by atoms with van der Waals surface area (Å²) >= 11 is 6.15. The fourth-order valence-electron chi connectivity index (χ4n) is 2.00. The van der Waals surface area contributed by atoms with Gasteiger partial charge in [0.1, 0.15) is 0 Å². The first-order valence-corrected chi connectivity index (χ1v) is 6.62. The summed E-state index contributed by atoms with van der Waals surface area (Å²) in [5, 5.41) is 0.628. The van der Waals surface area contributed by atoms with Crippen molar-refractivity contribution in [3.8, 4) is 11.1 Å². The Balaban J connectivity index is 2.63. The van der Waals surface area contributed by atoms with Crippen LogP contribution in [0.5, 0.6) is 0 Å². The first-order valence-electron chi connectivity index (χ1n) is 6.24. The highest BCUT2D eigenvalue weighted by molar-refractivity contribution is 6.42. The molecule has 0 unspecified atom stereocenters. The topological polar surface area (TPSA) is 62.7 Å².